The van der Waals surface area contributed by atoms with Crippen LogP contribution in [0, 0.1) is 0 Å². The molecule has 0 aliphatic rings. The zero-order valence-corrected chi connectivity index (χ0v) is 10.6. The van der Waals surface area contributed by atoms with Gasteiger partial charge in [0.15, 0.2) is 5.78 Å². The number of ketones is 1. The first-order chi connectivity index (χ1) is 8.10. The lowest BCUT2D eigenvalue weighted by atomic mass is 10.0. The maximum absolute atomic E-state index is 11.8. The molecule has 88 valence electrons. The summed E-state index contributed by atoms with van der Waals surface area (Å²) >= 11 is 11.8. The SMILES string of the molecule is C/C=C(\C(=O)/C=C\C=O)c1ccc(Cl)cc1Cl. The Hall–Kier alpha value is -1.38. The minimum Gasteiger partial charge on any atom is -0.299 e. The van der Waals surface area contributed by atoms with E-state index in [1.54, 1.807) is 31.2 Å². The molecule has 0 saturated carbocycles. The van der Waals surface area contributed by atoms with Gasteiger partial charge in [0.25, 0.3) is 0 Å². The third-order valence-electron chi connectivity index (χ3n) is 2.10. The van der Waals surface area contributed by atoms with Gasteiger partial charge in [-0.25, -0.2) is 0 Å². The average molecular weight is 269 g/mol. The van der Waals surface area contributed by atoms with E-state index in [1.807, 2.05) is 0 Å². The number of hydrogen-bond donors (Lipinski definition) is 0. The van der Waals surface area contributed by atoms with E-state index in [0.29, 0.717) is 27.5 Å². The molecule has 0 radical (unpaired) electrons. The van der Waals surface area contributed by atoms with E-state index in [2.05, 4.69) is 0 Å². The molecule has 0 saturated heterocycles. The Morgan fingerprint density at radius 1 is 1.29 bits per heavy atom. The van der Waals surface area contributed by atoms with Gasteiger partial charge in [-0.3, -0.25) is 9.59 Å². The molecule has 0 atom stereocenters. The van der Waals surface area contributed by atoms with Gasteiger partial charge in [0.2, 0.25) is 0 Å². The van der Waals surface area contributed by atoms with Gasteiger partial charge in [0.1, 0.15) is 6.29 Å². The maximum atomic E-state index is 11.8. The smallest absolute Gasteiger partial charge is 0.186 e. The molecule has 0 amide bonds. The fraction of sp³-hybridized carbons (Fsp3) is 0.0769. The first-order valence-electron chi connectivity index (χ1n) is 4.88. The third-order valence-corrected chi connectivity index (χ3v) is 2.65. The van der Waals surface area contributed by atoms with Gasteiger partial charge in [-0.15, -0.1) is 0 Å². The van der Waals surface area contributed by atoms with Crippen LogP contribution < -0.4 is 0 Å². The first kappa shape index (κ1) is 13.7. The largest absolute Gasteiger partial charge is 0.299 e. The lowest BCUT2D eigenvalue weighted by Crippen LogP contribution is -1.98. The average Bonchev–Trinajstić information content (AvgIpc) is 2.30. The van der Waals surface area contributed by atoms with Crippen molar-refractivity contribution >= 4 is 40.8 Å². The number of halogens is 2. The molecule has 0 aliphatic heterocycles. The maximum Gasteiger partial charge on any atom is 0.186 e. The predicted molar refractivity (Wildman–Crippen MR) is 70.3 cm³/mol. The molecule has 4 heteroatoms. The summed E-state index contributed by atoms with van der Waals surface area (Å²) < 4.78 is 0. The summed E-state index contributed by atoms with van der Waals surface area (Å²) in [7, 11) is 0. The Bertz CT molecular complexity index is 502. The molecule has 17 heavy (non-hydrogen) atoms. The van der Waals surface area contributed by atoms with Crippen molar-refractivity contribution in [2.45, 2.75) is 6.92 Å². The number of carbonyl (C=O) groups excluding carboxylic acids is 2. The zero-order chi connectivity index (χ0) is 12.8. The number of benzene rings is 1. The quantitative estimate of drug-likeness (QED) is 0.616. The highest BCUT2D eigenvalue weighted by atomic mass is 35.5. The Kier molecular flexibility index (Phi) is 5.13. The molecule has 1 aromatic carbocycles. The lowest BCUT2D eigenvalue weighted by molar-refractivity contribution is -0.110. The minimum absolute atomic E-state index is 0.274. The number of rotatable bonds is 4. The normalized spacial score (nSPS) is 11.8. The molecule has 0 unspecified atom stereocenters. The number of carbonyl (C=O) groups is 2. The van der Waals surface area contributed by atoms with Crippen LogP contribution in [-0.2, 0) is 9.59 Å². The highest BCUT2D eigenvalue weighted by molar-refractivity contribution is 6.38. The van der Waals surface area contributed by atoms with E-state index in [4.69, 9.17) is 23.2 Å². The van der Waals surface area contributed by atoms with Gasteiger partial charge in [0.05, 0.1) is 0 Å². The number of hydrogen-bond acceptors (Lipinski definition) is 2. The number of allylic oxidation sites excluding steroid dienone is 4. The molecule has 0 aromatic heterocycles. The van der Waals surface area contributed by atoms with Crippen LogP contribution in [-0.4, -0.2) is 12.1 Å². The van der Waals surface area contributed by atoms with Crippen molar-refractivity contribution in [3.63, 3.8) is 0 Å². The Balaban J connectivity index is 3.15. The molecule has 1 aromatic rings. The monoisotopic (exact) mass is 268 g/mol. The summed E-state index contributed by atoms with van der Waals surface area (Å²) in [4.78, 5) is 21.9. The molecule has 0 aliphatic carbocycles. The predicted octanol–water partition coefficient (Wildman–Crippen LogP) is 3.72. The molecule has 0 bridgehead atoms. The van der Waals surface area contributed by atoms with Gasteiger partial charge in [-0.1, -0.05) is 35.3 Å². The van der Waals surface area contributed by atoms with E-state index in [1.165, 1.54) is 6.08 Å². The van der Waals surface area contributed by atoms with Crippen molar-refractivity contribution in [1.82, 2.24) is 0 Å². The van der Waals surface area contributed by atoms with Crippen molar-refractivity contribution in [3.05, 3.63) is 52.0 Å². The van der Waals surface area contributed by atoms with Gasteiger partial charge in [0, 0.05) is 21.2 Å². The van der Waals surface area contributed by atoms with Crippen LogP contribution >= 0.6 is 23.2 Å². The van der Waals surface area contributed by atoms with Gasteiger partial charge >= 0.3 is 0 Å². The standard InChI is InChI=1S/C13H10Cl2O2/c1-2-10(13(17)4-3-7-16)11-6-5-9(14)8-12(11)15/h2-8H,1H3/b4-3-,10-2-. The first-order valence-corrected chi connectivity index (χ1v) is 5.63. The van der Waals surface area contributed by atoms with Crippen molar-refractivity contribution in [2.24, 2.45) is 0 Å². The van der Waals surface area contributed by atoms with E-state index in [0.717, 1.165) is 6.08 Å². The summed E-state index contributed by atoms with van der Waals surface area (Å²) in [5.41, 5.74) is 1.03. The van der Waals surface area contributed by atoms with Crippen molar-refractivity contribution < 1.29 is 9.59 Å². The molecule has 1 rings (SSSR count). The van der Waals surface area contributed by atoms with Crippen LogP contribution in [0.25, 0.3) is 5.57 Å². The Labute approximate surface area is 110 Å². The minimum atomic E-state index is -0.274. The fourth-order valence-electron chi connectivity index (χ4n) is 1.35. The van der Waals surface area contributed by atoms with Crippen molar-refractivity contribution in [3.8, 4) is 0 Å². The van der Waals surface area contributed by atoms with Crippen LogP contribution in [0.2, 0.25) is 10.0 Å². The molecule has 0 N–H and O–H groups in total. The fourth-order valence-corrected chi connectivity index (χ4v) is 1.87. The van der Waals surface area contributed by atoms with E-state index < -0.39 is 0 Å². The van der Waals surface area contributed by atoms with Gasteiger partial charge in [-0.05, 0) is 31.2 Å². The summed E-state index contributed by atoms with van der Waals surface area (Å²) in [6, 6.07) is 4.90. The van der Waals surface area contributed by atoms with Gasteiger partial charge < -0.3 is 0 Å². The molecule has 0 heterocycles. The van der Waals surface area contributed by atoms with E-state index >= 15 is 0 Å². The Morgan fingerprint density at radius 2 is 2.00 bits per heavy atom. The summed E-state index contributed by atoms with van der Waals surface area (Å²) in [6.45, 7) is 1.73. The number of aldehydes is 1. The molecule has 2 nitrogen and oxygen atoms in total. The Morgan fingerprint density at radius 3 is 2.53 bits per heavy atom. The summed E-state index contributed by atoms with van der Waals surface area (Å²) in [6.07, 6.45) is 4.55. The van der Waals surface area contributed by atoms with E-state index in [-0.39, 0.29) is 5.78 Å². The van der Waals surface area contributed by atoms with Crippen molar-refractivity contribution in [2.75, 3.05) is 0 Å². The second-order valence-electron chi connectivity index (χ2n) is 3.19. The summed E-state index contributed by atoms with van der Waals surface area (Å²) in [5.74, 6) is -0.274. The van der Waals surface area contributed by atoms with Crippen LogP contribution in [0.3, 0.4) is 0 Å². The molecule has 0 spiro atoms. The van der Waals surface area contributed by atoms with Crippen LogP contribution in [0.4, 0.5) is 0 Å². The van der Waals surface area contributed by atoms with Crippen LogP contribution in [0.1, 0.15) is 12.5 Å². The topological polar surface area (TPSA) is 34.1 Å². The lowest BCUT2D eigenvalue weighted by Gasteiger charge is -2.06. The molecular weight excluding hydrogens is 259 g/mol. The zero-order valence-electron chi connectivity index (χ0n) is 9.11. The molecule has 0 fully saturated rings. The molecular formula is C13H10Cl2O2. The second kappa shape index (κ2) is 6.38. The third kappa shape index (κ3) is 3.55. The van der Waals surface area contributed by atoms with Crippen LogP contribution in [0.15, 0.2) is 36.4 Å². The summed E-state index contributed by atoms with van der Waals surface area (Å²) in [5, 5.41) is 0.906. The van der Waals surface area contributed by atoms with E-state index in [9.17, 15) is 9.59 Å². The van der Waals surface area contributed by atoms with Gasteiger partial charge in [-0.2, -0.15) is 0 Å². The second-order valence-corrected chi connectivity index (χ2v) is 4.03. The highest BCUT2D eigenvalue weighted by Crippen LogP contribution is 2.27. The van der Waals surface area contributed by atoms with Crippen LogP contribution in [0.5, 0.6) is 0 Å². The van der Waals surface area contributed by atoms with Crippen molar-refractivity contribution in [1.29, 1.82) is 0 Å². The highest BCUT2D eigenvalue weighted by Gasteiger charge is 2.11.